The van der Waals surface area contributed by atoms with E-state index in [1.807, 2.05) is 20.8 Å². The largest absolute Gasteiger partial charge is 0.354 e. The average molecular weight is 200 g/mol. The molecule has 0 rings (SSSR count). The van der Waals surface area contributed by atoms with E-state index in [-0.39, 0.29) is 11.3 Å². The van der Waals surface area contributed by atoms with Crippen LogP contribution in [0.4, 0.5) is 0 Å². The zero-order chi connectivity index (χ0) is 11.4. The molecule has 1 unspecified atom stereocenters. The molecule has 14 heavy (non-hydrogen) atoms. The van der Waals surface area contributed by atoms with Gasteiger partial charge >= 0.3 is 0 Å². The molecule has 0 fully saturated rings. The van der Waals surface area contributed by atoms with Crippen molar-refractivity contribution in [2.75, 3.05) is 6.54 Å². The van der Waals surface area contributed by atoms with E-state index >= 15 is 0 Å². The molecule has 0 saturated carbocycles. The van der Waals surface area contributed by atoms with Gasteiger partial charge < -0.3 is 11.1 Å². The summed E-state index contributed by atoms with van der Waals surface area (Å²) in [5, 5.41) is 2.88. The van der Waals surface area contributed by atoms with Gasteiger partial charge in [0.15, 0.2) is 0 Å². The molecular formula is C11H24N2O. The maximum absolute atomic E-state index is 11.6. The highest BCUT2D eigenvalue weighted by Gasteiger charge is 2.27. The Morgan fingerprint density at radius 1 is 1.43 bits per heavy atom. The SMILES string of the molecule is CCC(C)CNC(=O)[C@H](N)C(C)(C)C. The summed E-state index contributed by atoms with van der Waals surface area (Å²) in [7, 11) is 0. The lowest BCUT2D eigenvalue weighted by Crippen LogP contribution is -2.49. The molecular weight excluding hydrogens is 176 g/mol. The van der Waals surface area contributed by atoms with Crippen LogP contribution in [0.1, 0.15) is 41.0 Å². The zero-order valence-corrected chi connectivity index (χ0v) is 10.1. The van der Waals surface area contributed by atoms with Crippen molar-refractivity contribution in [1.29, 1.82) is 0 Å². The number of hydrogen-bond donors (Lipinski definition) is 2. The molecule has 0 aromatic heterocycles. The van der Waals surface area contributed by atoms with Crippen LogP contribution in [0.5, 0.6) is 0 Å². The second kappa shape index (κ2) is 5.35. The van der Waals surface area contributed by atoms with Gasteiger partial charge in [-0.15, -0.1) is 0 Å². The molecule has 0 aliphatic heterocycles. The molecule has 0 bridgehead atoms. The van der Waals surface area contributed by atoms with Crippen LogP contribution in [0.15, 0.2) is 0 Å². The summed E-state index contributed by atoms with van der Waals surface area (Å²) >= 11 is 0. The number of rotatable bonds is 4. The summed E-state index contributed by atoms with van der Waals surface area (Å²) in [5.41, 5.74) is 5.64. The minimum Gasteiger partial charge on any atom is -0.354 e. The molecule has 1 amide bonds. The summed E-state index contributed by atoms with van der Waals surface area (Å²) in [6, 6.07) is -0.424. The average Bonchev–Trinajstić information content (AvgIpc) is 2.10. The first-order chi connectivity index (χ1) is 6.29. The Morgan fingerprint density at radius 3 is 2.29 bits per heavy atom. The summed E-state index contributed by atoms with van der Waals surface area (Å²) in [6.07, 6.45) is 1.07. The first-order valence-corrected chi connectivity index (χ1v) is 5.32. The monoisotopic (exact) mass is 200 g/mol. The fraction of sp³-hybridized carbons (Fsp3) is 0.909. The van der Waals surface area contributed by atoms with Crippen molar-refractivity contribution in [1.82, 2.24) is 5.32 Å². The second-order valence-electron chi connectivity index (χ2n) is 5.10. The minimum absolute atomic E-state index is 0.0437. The number of hydrogen-bond acceptors (Lipinski definition) is 2. The number of carbonyl (C=O) groups is 1. The Morgan fingerprint density at radius 2 is 1.93 bits per heavy atom. The molecule has 0 aromatic rings. The van der Waals surface area contributed by atoms with Crippen molar-refractivity contribution in [3.63, 3.8) is 0 Å². The van der Waals surface area contributed by atoms with Gasteiger partial charge in [0.05, 0.1) is 6.04 Å². The van der Waals surface area contributed by atoms with Crippen LogP contribution in [-0.4, -0.2) is 18.5 Å². The van der Waals surface area contributed by atoms with Gasteiger partial charge in [-0.2, -0.15) is 0 Å². The van der Waals surface area contributed by atoms with Crippen molar-refractivity contribution in [2.24, 2.45) is 17.1 Å². The van der Waals surface area contributed by atoms with E-state index in [2.05, 4.69) is 19.2 Å². The van der Waals surface area contributed by atoms with E-state index in [4.69, 9.17) is 5.73 Å². The fourth-order valence-corrected chi connectivity index (χ4v) is 0.922. The maximum Gasteiger partial charge on any atom is 0.237 e. The van der Waals surface area contributed by atoms with Crippen LogP contribution in [-0.2, 0) is 4.79 Å². The Hall–Kier alpha value is -0.570. The molecule has 3 heteroatoms. The Bertz CT molecular complexity index is 184. The van der Waals surface area contributed by atoms with E-state index in [0.717, 1.165) is 13.0 Å². The smallest absolute Gasteiger partial charge is 0.237 e. The van der Waals surface area contributed by atoms with E-state index < -0.39 is 6.04 Å². The normalized spacial score (nSPS) is 16.1. The molecule has 0 aromatic carbocycles. The second-order valence-corrected chi connectivity index (χ2v) is 5.10. The van der Waals surface area contributed by atoms with E-state index in [0.29, 0.717) is 5.92 Å². The quantitative estimate of drug-likeness (QED) is 0.723. The van der Waals surface area contributed by atoms with E-state index in [9.17, 15) is 4.79 Å². The van der Waals surface area contributed by atoms with Crippen LogP contribution in [0, 0.1) is 11.3 Å². The standard InChI is InChI=1S/C11H24N2O/c1-6-8(2)7-13-10(14)9(12)11(3,4)5/h8-9H,6-7,12H2,1-5H3,(H,13,14)/t8?,9-/m0/s1. The van der Waals surface area contributed by atoms with Gasteiger partial charge in [0.25, 0.3) is 0 Å². The van der Waals surface area contributed by atoms with E-state index in [1.54, 1.807) is 0 Å². The number of amides is 1. The molecule has 0 aliphatic rings. The highest BCUT2D eigenvalue weighted by Crippen LogP contribution is 2.17. The van der Waals surface area contributed by atoms with Crippen molar-refractivity contribution in [2.45, 2.75) is 47.1 Å². The molecule has 0 radical (unpaired) electrons. The maximum atomic E-state index is 11.6. The fourth-order valence-electron chi connectivity index (χ4n) is 0.922. The molecule has 0 saturated heterocycles. The summed E-state index contributed by atoms with van der Waals surface area (Å²) in [4.78, 5) is 11.6. The summed E-state index contributed by atoms with van der Waals surface area (Å²) in [5.74, 6) is 0.476. The van der Waals surface area contributed by atoms with Gasteiger partial charge in [-0.1, -0.05) is 41.0 Å². The molecule has 0 aliphatic carbocycles. The first-order valence-electron chi connectivity index (χ1n) is 5.32. The summed E-state index contributed by atoms with van der Waals surface area (Å²) in [6.45, 7) is 10.9. The molecule has 2 atom stereocenters. The van der Waals surface area contributed by atoms with Crippen LogP contribution >= 0.6 is 0 Å². The van der Waals surface area contributed by atoms with Crippen LogP contribution in [0.3, 0.4) is 0 Å². The molecule has 0 heterocycles. The van der Waals surface area contributed by atoms with Crippen molar-refractivity contribution >= 4 is 5.91 Å². The lowest BCUT2D eigenvalue weighted by molar-refractivity contribution is -0.124. The van der Waals surface area contributed by atoms with Gasteiger partial charge in [-0.3, -0.25) is 4.79 Å². The van der Waals surface area contributed by atoms with Gasteiger partial charge in [0.2, 0.25) is 5.91 Å². The predicted molar refractivity (Wildman–Crippen MR) is 59.9 cm³/mol. The Balaban J connectivity index is 3.97. The number of nitrogens with two attached hydrogens (primary N) is 1. The lowest BCUT2D eigenvalue weighted by atomic mass is 9.87. The highest BCUT2D eigenvalue weighted by atomic mass is 16.2. The molecule has 3 nitrogen and oxygen atoms in total. The number of carbonyl (C=O) groups excluding carboxylic acids is 1. The molecule has 0 spiro atoms. The predicted octanol–water partition coefficient (Wildman–Crippen LogP) is 1.52. The topological polar surface area (TPSA) is 55.1 Å². The minimum atomic E-state index is -0.424. The summed E-state index contributed by atoms with van der Waals surface area (Å²) < 4.78 is 0. The third-order valence-electron chi connectivity index (χ3n) is 2.54. The van der Waals surface area contributed by atoms with E-state index in [1.165, 1.54) is 0 Å². The van der Waals surface area contributed by atoms with Gasteiger partial charge in [0.1, 0.15) is 0 Å². The number of nitrogens with one attached hydrogen (secondary N) is 1. The van der Waals surface area contributed by atoms with Crippen LogP contribution in [0.2, 0.25) is 0 Å². The molecule has 84 valence electrons. The third kappa shape index (κ3) is 4.61. The first kappa shape index (κ1) is 13.4. The zero-order valence-electron chi connectivity index (χ0n) is 10.1. The van der Waals surface area contributed by atoms with Crippen LogP contribution < -0.4 is 11.1 Å². The Kier molecular flexibility index (Phi) is 5.13. The third-order valence-corrected chi connectivity index (χ3v) is 2.54. The van der Waals surface area contributed by atoms with Crippen molar-refractivity contribution < 1.29 is 4.79 Å². The van der Waals surface area contributed by atoms with Gasteiger partial charge in [0, 0.05) is 6.54 Å². The van der Waals surface area contributed by atoms with Gasteiger partial charge in [-0.05, 0) is 11.3 Å². The highest BCUT2D eigenvalue weighted by molar-refractivity contribution is 5.82. The molecule has 3 N–H and O–H groups in total. The lowest BCUT2D eigenvalue weighted by Gasteiger charge is -2.26. The van der Waals surface area contributed by atoms with Crippen molar-refractivity contribution in [3.05, 3.63) is 0 Å². The Labute approximate surface area is 87.4 Å². The van der Waals surface area contributed by atoms with Gasteiger partial charge in [-0.25, -0.2) is 0 Å². The van der Waals surface area contributed by atoms with Crippen molar-refractivity contribution in [3.8, 4) is 0 Å². The van der Waals surface area contributed by atoms with Crippen LogP contribution in [0.25, 0.3) is 0 Å².